The van der Waals surface area contributed by atoms with Crippen LogP contribution in [0.5, 0.6) is 0 Å². The van der Waals surface area contributed by atoms with Crippen LogP contribution in [0.4, 0.5) is 0 Å². The fourth-order valence-corrected chi connectivity index (χ4v) is 0.158. The molecule has 0 fully saturated rings. The van der Waals surface area contributed by atoms with Crippen molar-refractivity contribution in [3.8, 4) is 0 Å². The molecule has 0 spiro atoms. The molecule has 0 aliphatic rings. The maximum absolute atomic E-state index is 8.07. The van der Waals surface area contributed by atoms with E-state index in [4.69, 9.17) is 10.2 Å². The van der Waals surface area contributed by atoms with Crippen LogP contribution in [0.15, 0.2) is 0 Å². The second-order valence-electron chi connectivity index (χ2n) is 1.08. The summed E-state index contributed by atoms with van der Waals surface area (Å²) in [6, 6.07) is 0. The van der Waals surface area contributed by atoms with Gasteiger partial charge in [0.2, 0.25) is 0 Å². The van der Waals surface area contributed by atoms with E-state index in [1.807, 2.05) is 0 Å². The second kappa shape index (κ2) is 25.3. The number of hydrogen-bond acceptors (Lipinski definition) is 2. The summed E-state index contributed by atoms with van der Waals surface area (Å²) in [6.07, 6.45) is 2.04. The second-order valence-corrected chi connectivity index (χ2v) is 1.08. The van der Waals surface area contributed by atoms with Gasteiger partial charge in [-0.25, -0.2) is 0 Å². The lowest BCUT2D eigenvalue weighted by molar-refractivity contribution is 0.287. The van der Waals surface area contributed by atoms with Crippen LogP contribution in [-0.2, 0) is 0 Å². The molecule has 0 heterocycles. The highest BCUT2D eigenvalue weighted by Gasteiger charge is 1.69. The third kappa shape index (κ3) is 30.0. The van der Waals surface area contributed by atoms with Gasteiger partial charge in [-0.3, -0.25) is 0 Å². The number of rotatable bonds is 2. The minimum atomic E-state index is 0. The molecule has 0 saturated carbocycles. The normalized spacial score (nSPS) is 6.00. The van der Waals surface area contributed by atoms with Crippen molar-refractivity contribution in [1.29, 1.82) is 0 Å². The van der Waals surface area contributed by atoms with E-state index in [2.05, 4.69) is 6.92 Å². The minimum absolute atomic E-state index is 0. The third-order valence-electron chi connectivity index (χ3n) is 0.512. The Balaban J connectivity index is -0.0000000750. The molecule has 0 aromatic carbocycles. The molecule has 0 unspecified atom stereocenters. The van der Waals surface area contributed by atoms with Gasteiger partial charge in [-0.1, -0.05) is 13.3 Å². The van der Waals surface area contributed by atoms with Crippen molar-refractivity contribution in [2.75, 3.05) is 13.7 Å². The molecular formula is C5H16MgO2. The number of hydrogen-bond donors (Lipinski definition) is 2. The molecule has 3 heteroatoms. The predicted octanol–water partition coefficient (Wildman–Crippen LogP) is -0.529. The van der Waals surface area contributed by atoms with E-state index in [9.17, 15) is 0 Å². The molecule has 0 radical (unpaired) electrons. The fourth-order valence-electron chi connectivity index (χ4n) is 0.158. The Hall–Kier alpha value is 0.686. The van der Waals surface area contributed by atoms with Crippen LogP contribution in [0.3, 0.4) is 0 Å². The third-order valence-corrected chi connectivity index (χ3v) is 0.512. The van der Waals surface area contributed by atoms with Crippen LogP contribution in [0.2, 0.25) is 0 Å². The Morgan fingerprint density at radius 2 is 1.62 bits per heavy atom. The van der Waals surface area contributed by atoms with Crippen molar-refractivity contribution in [2.45, 2.75) is 19.8 Å². The first-order chi connectivity index (χ1) is 3.41. The van der Waals surface area contributed by atoms with Gasteiger partial charge in [0.05, 0.1) is 0 Å². The van der Waals surface area contributed by atoms with Gasteiger partial charge in [0, 0.05) is 13.7 Å². The van der Waals surface area contributed by atoms with Crippen LogP contribution in [0, 0.1) is 0 Å². The lowest BCUT2D eigenvalue weighted by atomic mass is 10.4. The summed E-state index contributed by atoms with van der Waals surface area (Å²) in [5, 5.41) is 15.1. The van der Waals surface area contributed by atoms with Gasteiger partial charge in [0.1, 0.15) is 0 Å². The van der Waals surface area contributed by atoms with Crippen LogP contribution < -0.4 is 0 Å². The Bertz CT molecular complexity index is 17.9. The Kier molecular flexibility index (Phi) is 50.2. The van der Waals surface area contributed by atoms with Crippen molar-refractivity contribution in [3.63, 3.8) is 0 Å². The van der Waals surface area contributed by atoms with Gasteiger partial charge in [-0.2, -0.15) is 0 Å². The molecule has 0 atom stereocenters. The van der Waals surface area contributed by atoms with Crippen LogP contribution in [0.1, 0.15) is 19.8 Å². The van der Waals surface area contributed by atoms with Crippen LogP contribution in [-0.4, -0.2) is 47.0 Å². The standard InChI is InChI=1S/C4H10O.CH4O.Mg.2H/c1-2-3-4-5;1-2;;;/h5H,2-4H2,1H3;2H,1H3;;;. The predicted molar refractivity (Wildman–Crippen MR) is 38.7 cm³/mol. The van der Waals surface area contributed by atoms with E-state index in [0.29, 0.717) is 6.61 Å². The molecule has 0 aliphatic carbocycles. The van der Waals surface area contributed by atoms with Gasteiger partial charge in [0.15, 0.2) is 0 Å². The molecule has 0 amide bonds. The van der Waals surface area contributed by atoms with Gasteiger partial charge < -0.3 is 10.2 Å². The molecule has 50 valence electrons. The molecule has 0 rings (SSSR count). The number of aliphatic hydroxyl groups excluding tert-OH is 2. The molecule has 0 aliphatic heterocycles. The summed E-state index contributed by atoms with van der Waals surface area (Å²) in [5.74, 6) is 0. The number of aliphatic hydroxyl groups is 2. The molecule has 0 bridgehead atoms. The largest absolute Gasteiger partial charge is 0.400 e. The first-order valence-corrected chi connectivity index (χ1v) is 2.47. The SMILES string of the molecule is CCCCO.CO.[MgH2]. The van der Waals surface area contributed by atoms with Gasteiger partial charge >= 0.3 is 23.1 Å². The Labute approximate surface area is 67.1 Å². The van der Waals surface area contributed by atoms with E-state index in [1.165, 1.54) is 0 Å². The monoisotopic (exact) mass is 132 g/mol. The van der Waals surface area contributed by atoms with E-state index in [0.717, 1.165) is 20.0 Å². The van der Waals surface area contributed by atoms with Crippen molar-refractivity contribution < 1.29 is 10.2 Å². The van der Waals surface area contributed by atoms with Crippen LogP contribution >= 0.6 is 0 Å². The minimum Gasteiger partial charge on any atom is -0.400 e. The lowest BCUT2D eigenvalue weighted by Gasteiger charge is -1.79. The molecule has 0 saturated heterocycles. The van der Waals surface area contributed by atoms with E-state index in [-0.39, 0.29) is 23.1 Å². The van der Waals surface area contributed by atoms with E-state index in [1.54, 1.807) is 0 Å². The summed E-state index contributed by atoms with van der Waals surface area (Å²) in [5.41, 5.74) is 0. The van der Waals surface area contributed by atoms with Crippen molar-refractivity contribution in [2.24, 2.45) is 0 Å². The molecule has 0 aromatic heterocycles. The van der Waals surface area contributed by atoms with Gasteiger partial charge in [-0.15, -0.1) is 0 Å². The van der Waals surface area contributed by atoms with Crippen molar-refractivity contribution >= 4 is 23.1 Å². The molecular weight excluding hydrogens is 116 g/mol. The average Bonchev–Trinajstić information content (AvgIpc) is 1.75. The fraction of sp³-hybridized carbons (Fsp3) is 1.00. The zero-order chi connectivity index (χ0) is 6.12. The van der Waals surface area contributed by atoms with Crippen LogP contribution in [0.25, 0.3) is 0 Å². The zero-order valence-electron chi connectivity index (χ0n) is 5.02. The average molecular weight is 132 g/mol. The zero-order valence-corrected chi connectivity index (χ0v) is 5.02. The summed E-state index contributed by atoms with van der Waals surface area (Å²) in [7, 11) is 1.00. The lowest BCUT2D eigenvalue weighted by Crippen LogP contribution is -1.75. The smallest absolute Gasteiger partial charge is 0.316 e. The molecule has 8 heavy (non-hydrogen) atoms. The molecule has 2 nitrogen and oxygen atoms in total. The first kappa shape index (κ1) is 15.9. The van der Waals surface area contributed by atoms with Gasteiger partial charge in [-0.05, 0) is 6.42 Å². The van der Waals surface area contributed by atoms with E-state index >= 15 is 0 Å². The maximum atomic E-state index is 8.07. The van der Waals surface area contributed by atoms with Crippen molar-refractivity contribution in [3.05, 3.63) is 0 Å². The van der Waals surface area contributed by atoms with Crippen molar-refractivity contribution in [1.82, 2.24) is 0 Å². The summed E-state index contributed by atoms with van der Waals surface area (Å²) < 4.78 is 0. The highest BCUT2D eigenvalue weighted by atomic mass is 24.3. The Morgan fingerprint density at radius 3 is 1.62 bits per heavy atom. The molecule has 2 N–H and O–H groups in total. The quantitative estimate of drug-likeness (QED) is 0.496. The highest BCUT2D eigenvalue weighted by molar-refractivity contribution is 5.75. The summed E-state index contributed by atoms with van der Waals surface area (Å²) >= 11 is 0. The topological polar surface area (TPSA) is 40.5 Å². The van der Waals surface area contributed by atoms with E-state index < -0.39 is 0 Å². The first-order valence-electron chi connectivity index (χ1n) is 2.47. The maximum Gasteiger partial charge on any atom is 0.316 e. The highest BCUT2D eigenvalue weighted by Crippen LogP contribution is 1.78. The summed E-state index contributed by atoms with van der Waals surface area (Å²) in [6.45, 7) is 2.40. The molecule has 0 aromatic rings. The van der Waals surface area contributed by atoms with Gasteiger partial charge in [0.25, 0.3) is 0 Å². The Morgan fingerprint density at radius 1 is 1.25 bits per heavy atom. The number of unbranched alkanes of at least 4 members (excludes halogenated alkanes) is 1. The summed E-state index contributed by atoms with van der Waals surface area (Å²) in [4.78, 5) is 0.